The van der Waals surface area contributed by atoms with Crippen molar-refractivity contribution in [3.8, 4) is 0 Å². The molecule has 4 nitrogen and oxygen atoms in total. The molecule has 2 unspecified atom stereocenters. The molecule has 1 saturated heterocycles. The van der Waals surface area contributed by atoms with Crippen LogP contribution in [0.1, 0.15) is 19.4 Å². The van der Waals surface area contributed by atoms with E-state index in [1.165, 1.54) is 0 Å². The van der Waals surface area contributed by atoms with Gasteiger partial charge in [-0.2, -0.15) is 0 Å². The van der Waals surface area contributed by atoms with Crippen molar-refractivity contribution in [1.29, 1.82) is 0 Å². The number of aromatic nitrogens is 1. The van der Waals surface area contributed by atoms with Crippen LogP contribution in [0.5, 0.6) is 0 Å². The first kappa shape index (κ1) is 11.4. The molecule has 0 radical (unpaired) electrons. The second-order valence-corrected chi connectivity index (χ2v) is 4.39. The Bertz CT molecular complexity index is 329. The van der Waals surface area contributed by atoms with Gasteiger partial charge in [0.25, 0.3) is 0 Å². The molecule has 1 fully saturated rings. The third kappa shape index (κ3) is 2.51. The Labute approximate surface area is 96.4 Å². The summed E-state index contributed by atoms with van der Waals surface area (Å²) in [6.45, 7) is 6.54. The molecule has 16 heavy (non-hydrogen) atoms. The zero-order valence-electron chi connectivity index (χ0n) is 9.89. The van der Waals surface area contributed by atoms with Gasteiger partial charge in [0.15, 0.2) is 0 Å². The SMILES string of the molecule is CC1CN(c2ccc(CN)cn2)CC(C)O1. The molecule has 88 valence electrons. The summed E-state index contributed by atoms with van der Waals surface area (Å²) in [4.78, 5) is 6.70. The number of anilines is 1. The third-order valence-corrected chi connectivity index (χ3v) is 2.79. The minimum absolute atomic E-state index is 0.264. The fourth-order valence-corrected chi connectivity index (χ4v) is 2.09. The zero-order chi connectivity index (χ0) is 11.5. The van der Waals surface area contributed by atoms with Crippen LogP contribution in [0.2, 0.25) is 0 Å². The van der Waals surface area contributed by atoms with E-state index in [4.69, 9.17) is 10.5 Å². The van der Waals surface area contributed by atoms with E-state index in [0.29, 0.717) is 6.54 Å². The highest BCUT2D eigenvalue weighted by Gasteiger charge is 2.22. The molecule has 2 atom stereocenters. The van der Waals surface area contributed by atoms with E-state index >= 15 is 0 Å². The number of nitrogens with zero attached hydrogens (tertiary/aromatic N) is 2. The lowest BCUT2D eigenvalue weighted by Gasteiger charge is -2.36. The van der Waals surface area contributed by atoms with Gasteiger partial charge >= 0.3 is 0 Å². The predicted octanol–water partition coefficient (Wildman–Crippen LogP) is 1.15. The molecule has 0 spiro atoms. The summed E-state index contributed by atoms with van der Waals surface area (Å²) in [5.41, 5.74) is 6.62. The Morgan fingerprint density at radius 1 is 1.38 bits per heavy atom. The van der Waals surface area contributed by atoms with E-state index in [2.05, 4.69) is 23.7 Å². The monoisotopic (exact) mass is 221 g/mol. The molecule has 1 aliphatic rings. The number of rotatable bonds is 2. The Balaban J connectivity index is 2.10. The van der Waals surface area contributed by atoms with Crippen LogP contribution >= 0.6 is 0 Å². The fourth-order valence-electron chi connectivity index (χ4n) is 2.09. The Morgan fingerprint density at radius 2 is 2.06 bits per heavy atom. The molecular formula is C12H19N3O. The first-order chi connectivity index (χ1) is 7.69. The van der Waals surface area contributed by atoms with Gasteiger partial charge in [-0.05, 0) is 25.5 Å². The lowest BCUT2D eigenvalue weighted by Crippen LogP contribution is -2.45. The second-order valence-electron chi connectivity index (χ2n) is 4.39. The maximum atomic E-state index is 5.69. The molecule has 1 aromatic rings. The van der Waals surface area contributed by atoms with E-state index in [9.17, 15) is 0 Å². The average Bonchev–Trinajstić information content (AvgIpc) is 2.28. The standard InChI is InChI=1S/C12H19N3O/c1-9-7-15(8-10(2)16-9)12-4-3-11(5-13)6-14-12/h3-4,6,9-10H,5,7-8,13H2,1-2H3. The van der Waals surface area contributed by atoms with Crippen LogP contribution < -0.4 is 10.6 Å². The Morgan fingerprint density at radius 3 is 2.56 bits per heavy atom. The van der Waals surface area contributed by atoms with E-state index < -0.39 is 0 Å². The highest BCUT2D eigenvalue weighted by Crippen LogP contribution is 2.18. The summed E-state index contributed by atoms with van der Waals surface area (Å²) in [5.74, 6) is 1.01. The van der Waals surface area contributed by atoms with E-state index in [-0.39, 0.29) is 12.2 Å². The van der Waals surface area contributed by atoms with Crippen molar-refractivity contribution >= 4 is 5.82 Å². The molecule has 2 heterocycles. The molecule has 0 aliphatic carbocycles. The fraction of sp³-hybridized carbons (Fsp3) is 0.583. The molecule has 2 rings (SSSR count). The van der Waals surface area contributed by atoms with Crippen LogP contribution in [-0.2, 0) is 11.3 Å². The molecule has 0 bridgehead atoms. The smallest absolute Gasteiger partial charge is 0.128 e. The molecular weight excluding hydrogens is 202 g/mol. The molecule has 4 heteroatoms. The van der Waals surface area contributed by atoms with Crippen molar-refractivity contribution in [2.45, 2.75) is 32.6 Å². The second kappa shape index (κ2) is 4.80. The normalized spacial score (nSPS) is 25.8. The van der Waals surface area contributed by atoms with Crippen LogP contribution in [0.3, 0.4) is 0 Å². The molecule has 0 saturated carbocycles. The summed E-state index contributed by atoms with van der Waals surface area (Å²) in [5, 5.41) is 0. The molecule has 0 amide bonds. The van der Waals surface area contributed by atoms with Gasteiger partial charge in [0, 0.05) is 25.8 Å². The van der Waals surface area contributed by atoms with Crippen molar-refractivity contribution in [3.05, 3.63) is 23.9 Å². The molecule has 0 aromatic carbocycles. The predicted molar refractivity (Wildman–Crippen MR) is 64.4 cm³/mol. The maximum absolute atomic E-state index is 5.69. The number of ether oxygens (including phenoxy) is 1. The van der Waals surface area contributed by atoms with Crippen molar-refractivity contribution in [2.24, 2.45) is 5.73 Å². The third-order valence-electron chi connectivity index (χ3n) is 2.79. The summed E-state index contributed by atoms with van der Waals surface area (Å²) in [6.07, 6.45) is 2.37. The van der Waals surface area contributed by atoms with Gasteiger partial charge in [-0.15, -0.1) is 0 Å². The number of hydrogen-bond acceptors (Lipinski definition) is 4. The summed E-state index contributed by atoms with van der Waals surface area (Å²) in [7, 11) is 0. The Kier molecular flexibility index (Phi) is 3.41. The maximum Gasteiger partial charge on any atom is 0.128 e. The quantitative estimate of drug-likeness (QED) is 0.814. The van der Waals surface area contributed by atoms with Crippen LogP contribution in [0, 0.1) is 0 Å². The molecule has 1 aliphatic heterocycles. The zero-order valence-corrected chi connectivity index (χ0v) is 9.89. The van der Waals surface area contributed by atoms with Crippen molar-refractivity contribution in [2.75, 3.05) is 18.0 Å². The van der Waals surface area contributed by atoms with Crippen LogP contribution in [-0.4, -0.2) is 30.3 Å². The first-order valence-corrected chi connectivity index (χ1v) is 5.74. The van der Waals surface area contributed by atoms with Gasteiger partial charge in [-0.3, -0.25) is 0 Å². The van der Waals surface area contributed by atoms with Crippen LogP contribution in [0.25, 0.3) is 0 Å². The van der Waals surface area contributed by atoms with Gasteiger partial charge in [0.1, 0.15) is 5.82 Å². The summed E-state index contributed by atoms with van der Waals surface area (Å²) in [6, 6.07) is 4.07. The molecule has 1 aromatic heterocycles. The van der Waals surface area contributed by atoms with Crippen molar-refractivity contribution < 1.29 is 4.74 Å². The minimum atomic E-state index is 0.264. The lowest BCUT2D eigenvalue weighted by molar-refractivity contribution is -0.00545. The van der Waals surface area contributed by atoms with Gasteiger partial charge in [0.05, 0.1) is 12.2 Å². The average molecular weight is 221 g/mol. The highest BCUT2D eigenvalue weighted by atomic mass is 16.5. The summed E-state index contributed by atoms with van der Waals surface area (Å²) >= 11 is 0. The lowest BCUT2D eigenvalue weighted by atomic mass is 10.2. The van der Waals surface area contributed by atoms with Crippen molar-refractivity contribution in [3.63, 3.8) is 0 Å². The largest absolute Gasteiger partial charge is 0.372 e. The minimum Gasteiger partial charge on any atom is -0.372 e. The van der Waals surface area contributed by atoms with E-state index in [0.717, 1.165) is 24.5 Å². The highest BCUT2D eigenvalue weighted by molar-refractivity contribution is 5.40. The van der Waals surface area contributed by atoms with E-state index in [1.807, 2.05) is 18.3 Å². The number of pyridine rings is 1. The number of nitrogens with two attached hydrogens (primary N) is 1. The first-order valence-electron chi connectivity index (χ1n) is 5.74. The number of morpholine rings is 1. The van der Waals surface area contributed by atoms with E-state index in [1.54, 1.807) is 0 Å². The number of hydrogen-bond donors (Lipinski definition) is 1. The van der Waals surface area contributed by atoms with Gasteiger partial charge in [0.2, 0.25) is 0 Å². The summed E-state index contributed by atoms with van der Waals surface area (Å²) < 4.78 is 5.69. The topological polar surface area (TPSA) is 51.4 Å². The Hall–Kier alpha value is -1.13. The van der Waals surface area contributed by atoms with Crippen molar-refractivity contribution in [1.82, 2.24) is 4.98 Å². The molecule has 2 N–H and O–H groups in total. The van der Waals surface area contributed by atoms with Gasteiger partial charge in [-0.25, -0.2) is 4.98 Å². The van der Waals surface area contributed by atoms with Crippen LogP contribution in [0.15, 0.2) is 18.3 Å². The van der Waals surface area contributed by atoms with Gasteiger partial charge in [-0.1, -0.05) is 6.07 Å². The van der Waals surface area contributed by atoms with Gasteiger partial charge < -0.3 is 15.4 Å². The van der Waals surface area contributed by atoms with Crippen LogP contribution in [0.4, 0.5) is 5.82 Å².